The van der Waals surface area contributed by atoms with E-state index < -0.39 is 0 Å². The van der Waals surface area contributed by atoms with Crippen LogP contribution in [0.25, 0.3) is 0 Å². The molecule has 100 valence electrons. The molecule has 1 amide bonds. The zero-order valence-electron chi connectivity index (χ0n) is 11.2. The molecule has 0 aromatic heterocycles. The highest BCUT2D eigenvalue weighted by Gasteiger charge is 2.17. The fraction of sp³-hybridized carbons (Fsp3) is 0.923. The van der Waals surface area contributed by atoms with Crippen LogP contribution in [-0.4, -0.2) is 48.5 Å². The minimum Gasteiger partial charge on any atom is -0.342 e. The number of thioether (sulfide) groups is 1. The smallest absolute Gasteiger partial charge is 0.232 e. The molecule has 0 bridgehead atoms. The molecule has 1 aliphatic rings. The summed E-state index contributed by atoms with van der Waals surface area (Å²) in [6.45, 7) is 8.55. The Morgan fingerprint density at radius 1 is 1.41 bits per heavy atom. The first-order valence-corrected chi connectivity index (χ1v) is 7.95. The summed E-state index contributed by atoms with van der Waals surface area (Å²) in [4.78, 5) is 13.8. The van der Waals surface area contributed by atoms with Crippen LogP contribution < -0.4 is 5.32 Å². The van der Waals surface area contributed by atoms with Gasteiger partial charge in [0.05, 0.1) is 5.75 Å². The summed E-state index contributed by atoms with van der Waals surface area (Å²) in [6.07, 6.45) is 3.56. The van der Waals surface area contributed by atoms with Crippen molar-refractivity contribution in [2.75, 3.05) is 37.7 Å². The summed E-state index contributed by atoms with van der Waals surface area (Å²) >= 11 is 1.78. The second-order valence-corrected chi connectivity index (χ2v) is 5.94. The predicted molar refractivity (Wildman–Crippen MR) is 75.5 cm³/mol. The van der Waals surface area contributed by atoms with Gasteiger partial charge in [-0.2, -0.15) is 11.8 Å². The number of hydrogen-bond acceptors (Lipinski definition) is 3. The van der Waals surface area contributed by atoms with Gasteiger partial charge >= 0.3 is 0 Å². The molecule has 1 heterocycles. The Hall–Kier alpha value is -0.220. The van der Waals surface area contributed by atoms with Gasteiger partial charge in [0.15, 0.2) is 0 Å². The Balaban J connectivity index is 2.00. The van der Waals surface area contributed by atoms with Gasteiger partial charge in [-0.05, 0) is 44.0 Å². The molecular weight excluding hydrogens is 232 g/mol. The Labute approximate surface area is 110 Å². The van der Waals surface area contributed by atoms with Crippen LogP contribution in [0.15, 0.2) is 0 Å². The molecule has 0 spiro atoms. The molecule has 17 heavy (non-hydrogen) atoms. The topological polar surface area (TPSA) is 32.3 Å². The molecule has 3 nitrogen and oxygen atoms in total. The van der Waals surface area contributed by atoms with E-state index in [4.69, 9.17) is 0 Å². The van der Waals surface area contributed by atoms with Crippen LogP contribution in [0.2, 0.25) is 0 Å². The second kappa shape index (κ2) is 8.81. The number of likely N-dealkylation sites (tertiary alicyclic amines) is 1. The third-order valence-corrected chi connectivity index (χ3v) is 4.26. The summed E-state index contributed by atoms with van der Waals surface area (Å²) in [5.74, 6) is 2.73. The summed E-state index contributed by atoms with van der Waals surface area (Å²) in [6, 6.07) is 0. The SMILES string of the molecule is CCCNCC(C)CSCC(=O)N1CCCC1. The Bertz CT molecular complexity index is 217. The van der Waals surface area contributed by atoms with Crippen molar-refractivity contribution < 1.29 is 4.79 Å². The maximum atomic E-state index is 11.8. The van der Waals surface area contributed by atoms with Gasteiger partial charge in [0.2, 0.25) is 5.91 Å². The first-order chi connectivity index (χ1) is 8.24. The minimum atomic E-state index is 0.334. The first kappa shape index (κ1) is 14.8. The largest absolute Gasteiger partial charge is 0.342 e. The van der Waals surface area contributed by atoms with E-state index in [2.05, 4.69) is 19.2 Å². The molecule has 1 atom stereocenters. The zero-order valence-corrected chi connectivity index (χ0v) is 12.0. The van der Waals surface area contributed by atoms with E-state index in [1.165, 1.54) is 19.3 Å². The number of nitrogens with zero attached hydrogens (tertiary/aromatic N) is 1. The summed E-state index contributed by atoms with van der Waals surface area (Å²) < 4.78 is 0. The van der Waals surface area contributed by atoms with E-state index in [1.807, 2.05) is 4.90 Å². The third kappa shape index (κ3) is 6.32. The Morgan fingerprint density at radius 3 is 2.76 bits per heavy atom. The monoisotopic (exact) mass is 258 g/mol. The lowest BCUT2D eigenvalue weighted by atomic mass is 10.2. The van der Waals surface area contributed by atoms with Gasteiger partial charge in [-0.15, -0.1) is 0 Å². The highest BCUT2D eigenvalue weighted by Crippen LogP contribution is 2.12. The minimum absolute atomic E-state index is 0.334. The first-order valence-electron chi connectivity index (χ1n) is 6.80. The number of carbonyl (C=O) groups is 1. The molecule has 4 heteroatoms. The lowest BCUT2D eigenvalue weighted by Crippen LogP contribution is -2.29. The number of rotatable bonds is 8. The summed E-state index contributed by atoms with van der Waals surface area (Å²) in [5, 5.41) is 3.42. The van der Waals surface area contributed by atoms with E-state index in [-0.39, 0.29) is 0 Å². The quantitative estimate of drug-likeness (QED) is 0.676. The van der Waals surface area contributed by atoms with Crippen molar-refractivity contribution >= 4 is 17.7 Å². The summed E-state index contributed by atoms with van der Waals surface area (Å²) in [7, 11) is 0. The number of carbonyl (C=O) groups excluding carboxylic acids is 1. The Morgan fingerprint density at radius 2 is 2.12 bits per heavy atom. The van der Waals surface area contributed by atoms with Gasteiger partial charge in [-0.1, -0.05) is 13.8 Å². The van der Waals surface area contributed by atoms with Crippen LogP contribution in [0.5, 0.6) is 0 Å². The number of nitrogens with one attached hydrogen (secondary N) is 1. The fourth-order valence-electron chi connectivity index (χ4n) is 1.99. The van der Waals surface area contributed by atoms with Gasteiger partial charge in [0.25, 0.3) is 0 Å². The van der Waals surface area contributed by atoms with Crippen LogP contribution in [0.4, 0.5) is 0 Å². The van der Waals surface area contributed by atoms with Crippen LogP contribution in [0, 0.1) is 5.92 Å². The highest BCUT2D eigenvalue weighted by molar-refractivity contribution is 7.99. The van der Waals surface area contributed by atoms with Crippen molar-refractivity contribution in [3.05, 3.63) is 0 Å². The van der Waals surface area contributed by atoms with E-state index in [0.29, 0.717) is 17.6 Å². The van der Waals surface area contributed by atoms with Gasteiger partial charge in [0.1, 0.15) is 0 Å². The molecular formula is C13H26N2OS. The predicted octanol–water partition coefficient (Wildman–Crippen LogP) is 1.98. The molecule has 0 aromatic carbocycles. The van der Waals surface area contributed by atoms with Crippen LogP contribution in [0.1, 0.15) is 33.1 Å². The lowest BCUT2D eigenvalue weighted by molar-refractivity contribution is -0.127. The summed E-state index contributed by atoms with van der Waals surface area (Å²) in [5.41, 5.74) is 0. The van der Waals surface area contributed by atoms with E-state index in [1.54, 1.807) is 11.8 Å². The van der Waals surface area contributed by atoms with Gasteiger partial charge in [-0.25, -0.2) is 0 Å². The highest BCUT2D eigenvalue weighted by atomic mass is 32.2. The third-order valence-electron chi connectivity index (χ3n) is 3.01. The van der Waals surface area contributed by atoms with Crippen molar-refractivity contribution in [3.8, 4) is 0 Å². The standard InChI is InChI=1S/C13H26N2OS/c1-3-6-14-9-12(2)10-17-11-13(16)15-7-4-5-8-15/h12,14H,3-11H2,1-2H3. The van der Waals surface area contributed by atoms with Crippen molar-refractivity contribution in [1.29, 1.82) is 0 Å². The van der Waals surface area contributed by atoms with Gasteiger partial charge in [0, 0.05) is 13.1 Å². The molecule has 1 unspecified atom stereocenters. The van der Waals surface area contributed by atoms with Crippen LogP contribution >= 0.6 is 11.8 Å². The van der Waals surface area contributed by atoms with Gasteiger partial charge in [-0.3, -0.25) is 4.79 Å². The maximum absolute atomic E-state index is 11.8. The average molecular weight is 258 g/mol. The number of hydrogen-bond donors (Lipinski definition) is 1. The molecule has 1 rings (SSSR count). The van der Waals surface area contributed by atoms with E-state index in [0.717, 1.165) is 31.9 Å². The molecule has 0 aliphatic carbocycles. The van der Waals surface area contributed by atoms with Crippen molar-refractivity contribution in [2.24, 2.45) is 5.92 Å². The van der Waals surface area contributed by atoms with E-state index >= 15 is 0 Å². The molecule has 1 aliphatic heterocycles. The molecule has 0 radical (unpaired) electrons. The second-order valence-electron chi connectivity index (χ2n) is 4.91. The van der Waals surface area contributed by atoms with Crippen LogP contribution in [-0.2, 0) is 4.79 Å². The molecule has 1 saturated heterocycles. The number of amides is 1. The van der Waals surface area contributed by atoms with Crippen molar-refractivity contribution in [2.45, 2.75) is 33.1 Å². The average Bonchev–Trinajstić information content (AvgIpc) is 2.82. The zero-order chi connectivity index (χ0) is 12.5. The molecule has 1 fully saturated rings. The van der Waals surface area contributed by atoms with Crippen LogP contribution in [0.3, 0.4) is 0 Å². The fourth-order valence-corrected chi connectivity index (χ4v) is 2.98. The van der Waals surface area contributed by atoms with Crippen molar-refractivity contribution in [3.63, 3.8) is 0 Å². The molecule has 1 N–H and O–H groups in total. The molecule has 0 aromatic rings. The maximum Gasteiger partial charge on any atom is 0.232 e. The van der Waals surface area contributed by atoms with Gasteiger partial charge < -0.3 is 10.2 Å². The lowest BCUT2D eigenvalue weighted by Gasteiger charge is -2.16. The molecule has 0 saturated carbocycles. The van der Waals surface area contributed by atoms with E-state index in [9.17, 15) is 4.79 Å². The normalized spacial score (nSPS) is 17.4. The van der Waals surface area contributed by atoms with Crippen molar-refractivity contribution in [1.82, 2.24) is 10.2 Å². The Kier molecular flexibility index (Phi) is 7.69.